The van der Waals surface area contributed by atoms with E-state index in [1.54, 1.807) is 0 Å². The Balaban J connectivity index is 2.35. The predicted octanol–water partition coefficient (Wildman–Crippen LogP) is 2.41. The molecule has 0 aliphatic heterocycles. The van der Waals surface area contributed by atoms with Gasteiger partial charge in [0.2, 0.25) is 0 Å². The maximum atomic E-state index is 3.76. The molecule has 0 aromatic heterocycles. The first-order valence-electron chi connectivity index (χ1n) is 4.83. The zero-order valence-corrected chi connectivity index (χ0v) is 8.43. The molecule has 1 aliphatic carbocycles. The quantitative estimate of drug-likeness (QED) is 0.506. The Bertz CT molecular complexity index is 157. The molecule has 0 aromatic rings. The molecule has 1 saturated carbocycles. The summed E-state index contributed by atoms with van der Waals surface area (Å²) in [6, 6.07) is 0. The van der Waals surface area contributed by atoms with Crippen LogP contribution in [-0.4, -0.2) is 12.3 Å². The van der Waals surface area contributed by atoms with Gasteiger partial charge in [-0.3, -0.25) is 0 Å². The normalized spacial score (nSPS) is 29.2. The smallest absolute Gasteiger partial charge is 0.0520 e. The topological polar surface area (TPSA) is 24.4 Å². The highest BCUT2D eigenvalue weighted by Crippen LogP contribution is 2.42. The van der Waals surface area contributed by atoms with Gasteiger partial charge in [0.15, 0.2) is 0 Å². The fraction of sp³-hybridized carbons (Fsp3) is 0.900. The fourth-order valence-corrected chi connectivity index (χ4v) is 1.95. The molecule has 0 heterocycles. The van der Waals surface area contributed by atoms with Crippen LogP contribution in [0.4, 0.5) is 0 Å². The van der Waals surface area contributed by atoms with Gasteiger partial charge in [-0.05, 0) is 38.5 Å². The number of hydrazone groups is 1. The fourth-order valence-electron chi connectivity index (χ4n) is 1.95. The number of nitrogens with one attached hydrogen (secondary N) is 1. The Kier molecular flexibility index (Phi) is 2.76. The molecule has 0 bridgehead atoms. The van der Waals surface area contributed by atoms with Crippen molar-refractivity contribution in [2.45, 2.75) is 45.6 Å². The zero-order valence-electron chi connectivity index (χ0n) is 8.43. The lowest BCUT2D eigenvalue weighted by atomic mass is 9.65. The van der Waals surface area contributed by atoms with E-state index in [1.807, 2.05) is 0 Å². The summed E-state index contributed by atoms with van der Waals surface area (Å²) in [6.45, 7) is 10.1. The lowest BCUT2D eigenvalue weighted by Crippen LogP contribution is -2.48. The number of hydrogen-bond acceptors (Lipinski definition) is 2. The molecule has 12 heavy (non-hydrogen) atoms. The van der Waals surface area contributed by atoms with E-state index in [0.717, 1.165) is 11.8 Å². The first-order chi connectivity index (χ1) is 5.60. The van der Waals surface area contributed by atoms with E-state index in [9.17, 15) is 0 Å². The summed E-state index contributed by atoms with van der Waals surface area (Å²) < 4.78 is 0. The van der Waals surface area contributed by atoms with Gasteiger partial charge in [0.05, 0.1) is 5.54 Å². The lowest BCUT2D eigenvalue weighted by molar-refractivity contribution is 0.0923. The third-order valence-corrected chi connectivity index (χ3v) is 3.20. The van der Waals surface area contributed by atoms with Gasteiger partial charge in [0.25, 0.3) is 0 Å². The van der Waals surface area contributed by atoms with Crippen molar-refractivity contribution >= 4 is 6.72 Å². The van der Waals surface area contributed by atoms with Crippen LogP contribution in [0.25, 0.3) is 0 Å². The minimum Gasteiger partial charge on any atom is -0.305 e. The van der Waals surface area contributed by atoms with E-state index >= 15 is 0 Å². The Morgan fingerprint density at radius 3 is 2.50 bits per heavy atom. The van der Waals surface area contributed by atoms with Gasteiger partial charge < -0.3 is 5.43 Å². The Morgan fingerprint density at radius 1 is 1.50 bits per heavy atom. The van der Waals surface area contributed by atoms with Crippen molar-refractivity contribution in [3.63, 3.8) is 0 Å². The van der Waals surface area contributed by atoms with Gasteiger partial charge >= 0.3 is 0 Å². The predicted molar refractivity (Wildman–Crippen MR) is 53.3 cm³/mol. The average molecular weight is 168 g/mol. The lowest BCUT2D eigenvalue weighted by Gasteiger charge is -2.44. The van der Waals surface area contributed by atoms with Crippen molar-refractivity contribution in [2.24, 2.45) is 16.9 Å². The third-order valence-electron chi connectivity index (χ3n) is 3.20. The van der Waals surface area contributed by atoms with Crippen LogP contribution in [0, 0.1) is 11.8 Å². The molecule has 1 aliphatic rings. The van der Waals surface area contributed by atoms with Gasteiger partial charge in [0.1, 0.15) is 0 Å². The molecule has 2 nitrogen and oxygen atoms in total. The molecule has 0 aromatic carbocycles. The second-order valence-corrected chi connectivity index (χ2v) is 4.43. The number of nitrogens with zero attached hydrogens (tertiary/aromatic N) is 1. The van der Waals surface area contributed by atoms with E-state index in [4.69, 9.17) is 0 Å². The average Bonchev–Trinajstić information content (AvgIpc) is 1.83. The van der Waals surface area contributed by atoms with Gasteiger partial charge in [0, 0.05) is 6.72 Å². The molecule has 0 amide bonds. The SMILES string of the molecule is C=NNC(C)(C)C1CC(CC)C1. The van der Waals surface area contributed by atoms with Crippen LogP contribution in [0.5, 0.6) is 0 Å². The van der Waals surface area contributed by atoms with Crippen LogP contribution in [0.1, 0.15) is 40.0 Å². The zero-order chi connectivity index (χ0) is 9.19. The van der Waals surface area contributed by atoms with Crippen molar-refractivity contribution in [1.29, 1.82) is 0 Å². The van der Waals surface area contributed by atoms with Crippen LogP contribution < -0.4 is 5.43 Å². The van der Waals surface area contributed by atoms with Gasteiger partial charge in [-0.15, -0.1) is 0 Å². The van der Waals surface area contributed by atoms with Gasteiger partial charge in [-0.25, -0.2) is 0 Å². The van der Waals surface area contributed by atoms with Crippen LogP contribution >= 0.6 is 0 Å². The molecule has 1 fully saturated rings. The molecule has 0 unspecified atom stereocenters. The maximum Gasteiger partial charge on any atom is 0.0520 e. The van der Waals surface area contributed by atoms with Gasteiger partial charge in [-0.1, -0.05) is 13.3 Å². The van der Waals surface area contributed by atoms with E-state index in [-0.39, 0.29) is 5.54 Å². The number of rotatable bonds is 4. The highest BCUT2D eigenvalue weighted by atomic mass is 15.3. The first kappa shape index (κ1) is 9.56. The number of hydrogen-bond donors (Lipinski definition) is 1. The standard InChI is InChI=1S/C10H20N2/c1-5-8-6-9(7-8)10(2,3)12-11-4/h8-9,12H,4-7H2,1-3H3. The monoisotopic (exact) mass is 168 g/mol. The summed E-state index contributed by atoms with van der Waals surface area (Å²) in [7, 11) is 0. The van der Waals surface area contributed by atoms with Crippen molar-refractivity contribution < 1.29 is 0 Å². The summed E-state index contributed by atoms with van der Waals surface area (Å²) in [5.74, 6) is 1.74. The molecular weight excluding hydrogens is 148 g/mol. The van der Waals surface area contributed by atoms with Gasteiger partial charge in [-0.2, -0.15) is 5.10 Å². The molecule has 0 spiro atoms. The van der Waals surface area contributed by atoms with Crippen LogP contribution in [0.3, 0.4) is 0 Å². The summed E-state index contributed by atoms with van der Waals surface area (Å²) >= 11 is 0. The molecule has 1 rings (SSSR count). The third kappa shape index (κ3) is 1.79. The molecule has 1 N–H and O–H groups in total. The molecule has 2 heteroatoms. The first-order valence-corrected chi connectivity index (χ1v) is 4.83. The minimum atomic E-state index is 0.146. The minimum absolute atomic E-state index is 0.146. The maximum absolute atomic E-state index is 3.76. The second-order valence-electron chi connectivity index (χ2n) is 4.43. The summed E-state index contributed by atoms with van der Waals surface area (Å²) in [5.41, 5.74) is 3.23. The van der Waals surface area contributed by atoms with Crippen LogP contribution in [0.15, 0.2) is 5.10 Å². The highest BCUT2D eigenvalue weighted by molar-refractivity contribution is 5.22. The molecule has 0 radical (unpaired) electrons. The van der Waals surface area contributed by atoms with Crippen molar-refractivity contribution in [1.82, 2.24) is 5.43 Å². The van der Waals surface area contributed by atoms with Crippen LogP contribution in [-0.2, 0) is 0 Å². The highest BCUT2D eigenvalue weighted by Gasteiger charge is 2.38. The Morgan fingerprint density at radius 2 is 2.08 bits per heavy atom. The van der Waals surface area contributed by atoms with E-state index in [2.05, 4.69) is 38.0 Å². The molecule has 0 saturated heterocycles. The summed E-state index contributed by atoms with van der Waals surface area (Å²) in [5, 5.41) is 3.76. The Hall–Kier alpha value is -0.530. The van der Waals surface area contributed by atoms with Crippen molar-refractivity contribution in [3.8, 4) is 0 Å². The largest absolute Gasteiger partial charge is 0.305 e. The van der Waals surface area contributed by atoms with E-state index in [0.29, 0.717) is 0 Å². The van der Waals surface area contributed by atoms with E-state index < -0.39 is 0 Å². The molecule has 70 valence electrons. The van der Waals surface area contributed by atoms with E-state index in [1.165, 1.54) is 19.3 Å². The molecule has 0 atom stereocenters. The molecular formula is C10H20N2. The Labute approximate surface area is 75.4 Å². The summed E-state index contributed by atoms with van der Waals surface area (Å²) in [6.07, 6.45) is 4.03. The second kappa shape index (κ2) is 3.46. The van der Waals surface area contributed by atoms with Crippen LogP contribution in [0.2, 0.25) is 0 Å². The summed E-state index contributed by atoms with van der Waals surface area (Å²) in [4.78, 5) is 0. The van der Waals surface area contributed by atoms with Crippen molar-refractivity contribution in [2.75, 3.05) is 0 Å². The van der Waals surface area contributed by atoms with Crippen molar-refractivity contribution in [3.05, 3.63) is 0 Å².